The molecule has 0 unspecified atom stereocenters. The normalized spacial score (nSPS) is 14.7. The van der Waals surface area contributed by atoms with Crippen molar-refractivity contribution in [3.63, 3.8) is 0 Å². The van der Waals surface area contributed by atoms with Crippen LogP contribution in [-0.4, -0.2) is 47.8 Å². The number of carbonyl (C=O) groups excluding carboxylic acids is 1. The van der Waals surface area contributed by atoms with Gasteiger partial charge in [-0.25, -0.2) is 9.78 Å². The molecule has 8 heteroatoms. The molecule has 1 fully saturated rings. The van der Waals surface area contributed by atoms with E-state index in [9.17, 15) is 4.79 Å². The number of rotatable bonds is 3. The smallest absolute Gasteiger partial charge is 0.410 e. The maximum Gasteiger partial charge on any atom is 0.410 e. The summed E-state index contributed by atoms with van der Waals surface area (Å²) in [5.41, 5.74) is -0.492. The van der Waals surface area contributed by atoms with Crippen LogP contribution in [0.1, 0.15) is 20.8 Å². The predicted octanol–water partition coefficient (Wildman–Crippen LogP) is 6.75. The largest absolute Gasteiger partial charge is 0.444 e. The zero-order valence-corrected chi connectivity index (χ0v) is 20.6. The van der Waals surface area contributed by atoms with E-state index in [1.807, 2.05) is 51.2 Å². The number of halogens is 2. The summed E-state index contributed by atoms with van der Waals surface area (Å²) in [6.07, 6.45) is 1.58. The fourth-order valence-electron chi connectivity index (χ4n) is 3.55. The lowest BCUT2D eigenvalue weighted by molar-refractivity contribution is 0.0240. The second-order valence-electron chi connectivity index (χ2n) is 8.65. The number of amides is 1. The summed E-state index contributed by atoms with van der Waals surface area (Å²) in [5.74, 6) is 0.933. The molecule has 4 rings (SSSR count). The minimum absolute atomic E-state index is 0.261. The summed E-state index contributed by atoms with van der Waals surface area (Å²) in [6.45, 7) is 8.26. The van der Waals surface area contributed by atoms with Crippen molar-refractivity contribution in [1.82, 2.24) is 9.88 Å². The van der Waals surface area contributed by atoms with Crippen LogP contribution in [0.3, 0.4) is 0 Å². The highest BCUT2D eigenvalue weighted by atomic mass is 35.5. The molecule has 5 nitrogen and oxygen atoms in total. The molecule has 0 aliphatic carbocycles. The average Bonchev–Trinajstić information content (AvgIpc) is 2.75. The topological polar surface area (TPSA) is 45.7 Å². The number of pyridine rings is 1. The minimum Gasteiger partial charge on any atom is -0.444 e. The van der Waals surface area contributed by atoms with Crippen molar-refractivity contribution in [2.45, 2.75) is 36.2 Å². The Bertz CT molecular complexity index is 1140. The lowest BCUT2D eigenvalue weighted by Crippen LogP contribution is -2.50. The van der Waals surface area contributed by atoms with Crippen molar-refractivity contribution in [3.8, 4) is 0 Å². The van der Waals surface area contributed by atoms with Crippen molar-refractivity contribution in [3.05, 3.63) is 58.7 Å². The number of anilines is 1. The summed E-state index contributed by atoms with van der Waals surface area (Å²) in [6, 6.07) is 14.0. The highest BCUT2D eigenvalue weighted by molar-refractivity contribution is 7.99. The Labute approximate surface area is 202 Å². The Morgan fingerprint density at radius 3 is 2.34 bits per heavy atom. The molecule has 0 bridgehead atoms. The second-order valence-corrected chi connectivity index (χ2v) is 10.6. The Morgan fingerprint density at radius 2 is 1.66 bits per heavy atom. The SMILES string of the molecule is CC(C)(C)OC(=O)N1CCN(c2nccc3ccc(Sc4ccc(Cl)c(Cl)c4)cc23)CC1. The molecule has 0 saturated carbocycles. The third-order valence-corrected chi connectivity index (χ3v) is 6.79. The summed E-state index contributed by atoms with van der Waals surface area (Å²) < 4.78 is 5.51. The molecule has 1 amide bonds. The molecule has 32 heavy (non-hydrogen) atoms. The lowest BCUT2D eigenvalue weighted by Gasteiger charge is -2.36. The van der Waals surface area contributed by atoms with E-state index in [0.717, 1.165) is 26.4 Å². The van der Waals surface area contributed by atoms with Crippen molar-refractivity contribution in [2.75, 3.05) is 31.1 Å². The van der Waals surface area contributed by atoms with Crippen LogP contribution in [0.5, 0.6) is 0 Å². The van der Waals surface area contributed by atoms with Crippen molar-refractivity contribution < 1.29 is 9.53 Å². The summed E-state index contributed by atoms with van der Waals surface area (Å²) in [7, 11) is 0. The zero-order valence-electron chi connectivity index (χ0n) is 18.3. The minimum atomic E-state index is -0.492. The van der Waals surface area contributed by atoms with E-state index in [1.165, 1.54) is 0 Å². The summed E-state index contributed by atoms with van der Waals surface area (Å²) in [4.78, 5) is 23.2. The first kappa shape index (κ1) is 23.0. The van der Waals surface area contributed by atoms with Crippen LogP contribution in [0, 0.1) is 0 Å². The fourth-order valence-corrected chi connectivity index (χ4v) is 4.81. The average molecular weight is 490 g/mol. The van der Waals surface area contributed by atoms with Crippen molar-refractivity contribution >= 4 is 57.6 Å². The highest BCUT2D eigenvalue weighted by Crippen LogP contribution is 2.35. The van der Waals surface area contributed by atoms with Crippen molar-refractivity contribution in [1.29, 1.82) is 0 Å². The molecule has 3 aromatic rings. The number of nitrogens with zero attached hydrogens (tertiary/aromatic N) is 3. The van der Waals surface area contributed by atoms with Crippen LogP contribution in [0.15, 0.2) is 58.5 Å². The fraction of sp³-hybridized carbons (Fsp3) is 0.333. The van der Waals surface area contributed by atoms with Gasteiger partial charge in [-0.3, -0.25) is 0 Å². The van der Waals surface area contributed by atoms with Gasteiger partial charge in [0.1, 0.15) is 11.4 Å². The van der Waals surface area contributed by atoms with E-state index in [2.05, 4.69) is 28.1 Å². The molecule has 1 aliphatic heterocycles. The Morgan fingerprint density at radius 1 is 0.969 bits per heavy atom. The Hall–Kier alpha value is -2.15. The van der Waals surface area contributed by atoms with E-state index < -0.39 is 5.60 Å². The number of piperazine rings is 1. The molecule has 1 aromatic heterocycles. The summed E-state index contributed by atoms with van der Waals surface area (Å²) >= 11 is 13.8. The lowest BCUT2D eigenvalue weighted by atomic mass is 10.1. The molecule has 2 aromatic carbocycles. The molecular formula is C24H25Cl2N3O2S. The second kappa shape index (κ2) is 9.38. The Balaban J connectivity index is 1.52. The zero-order chi connectivity index (χ0) is 22.9. The molecule has 168 valence electrons. The quantitative estimate of drug-likeness (QED) is 0.407. The van der Waals surface area contributed by atoms with E-state index >= 15 is 0 Å². The van der Waals surface area contributed by atoms with Gasteiger partial charge in [-0.2, -0.15) is 0 Å². The van der Waals surface area contributed by atoms with E-state index in [1.54, 1.807) is 16.7 Å². The van der Waals surface area contributed by atoms with Gasteiger partial charge in [0.25, 0.3) is 0 Å². The van der Waals surface area contributed by atoms with E-state index in [4.69, 9.17) is 27.9 Å². The molecule has 0 spiro atoms. The van der Waals surface area contributed by atoms with Crippen molar-refractivity contribution in [2.24, 2.45) is 0 Å². The van der Waals surface area contributed by atoms with Gasteiger partial charge >= 0.3 is 6.09 Å². The van der Waals surface area contributed by atoms with Crippen LogP contribution >= 0.6 is 35.0 Å². The number of ether oxygens (including phenoxy) is 1. The predicted molar refractivity (Wildman–Crippen MR) is 132 cm³/mol. The summed E-state index contributed by atoms with van der Waals surface area (Å²) in [5, 5.41) is 3.31. The maximum absolute atomic E-state index is 12.4. The molecule has 2 heterocycles. The first-order valence-corrected chi connectivity index (χ1v) is 12.0. The third kappa shape index (κ3) is 5.42. The van der Waals surface area contributed by atoms with E-state index in [0.29, 0.717) is 36.2 Å². The third-order valence-electron chi connectivity index (χ3n) is 5.07. The number of hydrogen-bond donors (Lipinski definition) is 0. The van der Waals surface area contributed by atoms with Gasteiger partial charge in [-0.1, -0.05) is 41.0 Å². The number of carbonyl (C=O) groups is 1. The van der Waals surface area contributed by atoms with Crippen LogP contribution in [0.25, 0.3) is 10.8 Å². The Kier molecular flexibility index (Phi) is 6.75. The van der Waals surface area contributed by atoms with E-state index in [-0.39, 0.29) is 6.09 Å². The van der Waals surface area contributed by atoms with Gasteiger partial charge in [0.15, 0.2) is 0 Å². The molecule has 0 N–H and O–H groups in total. The van der Waals surface area contributed by atoms with Crippen LogP contribution in [0.4, 0.5) is 10.6 Å². The van der Waals surface area contributed by atoms with Crippen LogP contribution in [-0.2, 0) is 4.74 Å². The maximum atomic E-state index is 12.4. The number of benzene rings is 2. The number of hydrogen-bond acceptors (Lipinski definition) is 5. The van der Waals surface area contributed by atoms with Crippen LogP contribution in [0.2, 0.25) is 10.0 Å². The molecule has 0 radical (unpaired) electrons. The highest BCUT2D eigenvalue weighted by Gasteiger charge is 2.27. The van der Waals surface area contributed by atoms with Crippen LogP contribution < -0.4 is 4.90 Å². The van der Waals surface area contributed by atoms with Gasteiger partial charge < -0.3 is 14.5 Å². The van der Waals surface area contributed by atoms with Gasteiger partial charge in [-0.15, -0.1) is 0 Å². The number of aromatic nitrogens is 1. The first-order valence-electron chi connectivity index (χ1n) is 10.4. The van der Waals surface area contributed by atoms with Gasteiger partial charge in [-0.05, 0) is 62.6 Å². The molecule has 1 saturated heterocycles. The monoisotopic (exact) mass is 489 g/mol. The van der Waals surface area contributed by atoms with Gasteiger partial charge in [0.05, 0.1) is 10.0 Å². The van der Waals surface area contributed by atoms with Gasteiger partial charge in [0, 0.05) is 47.6 Å². The van der Waals surface area contributed by atoms with Gasteiger partial charge in [0.2, 0.25) is 0 Å². The molecular weight excluding hydrogens is 465 g/mol. The first-order chi connectivity index (χ1) is 15.2. The number of fused-ring (bicyclic) bond motifs is 1. The molecule has 0 atom stereocenters. The molecule has 1 aliphatic rings. The standard InChI is InChI=1S/C24H25Cl2N3O2S/c1-24(2,3)31-23(30)29-12-10-28(11-13-29)22-19-14-17(5-4-16(19)8-9-27-22)32-18-6-7-20(25)21(26)15-18/h4-9,14-15H,10-13H2,1-3H3.